The van der Waals surface area contributed by atoms with Crippen molar-refractivity contribution in [2.75, 3.05) is 13.1 Å². The van der Waals surface area contributed by atoms with Crippen LogP contribution in [0.2, 0.25) is 0 Å². The zero-order valence-corrected chi connectivity index (χ0v) is 14.6. The molecule has 1 unspecified atom stereocenters. The number of likely N-dealkylation sites (tertiary alicyclic amines) is 1. The first-order valence-corrected chi connectivity index (χ1v) is 9.45. The van der Waals surface area contributed by atoms with E-state index in [2.05, 4.69) is 35.2 Å². The van der Waals surface area contributed by atoms with Gasteiger partial charge in [0, 0.05) is 13.1 Å². The Balaban J connectivity index is 1.30. The molecule has 2 fully saturated rings. The highest BCUT2D eigenvalue weighted by molar-refractivity contribution is 5.22. The van der Waals surface area contributed by atoms with E-state index in [1.807, 2.05) is 0 Å². The Hall–Kier alpha value is -1.87. The normalized spacial score (nSPS) is 26.8. The summed E-state index contributed by atoms with van der Waals surface area (Å²) in [7, 11) is 0. The first-order valence-electron chi connectivity index (χ1n) is 9.45. The van der Waals surface area contributed by atoms with Crippen LogP contribution in [0.15, 0.2) is 54.6 Å². The summed E-state index contributed by atoms with van der Waals surface area (Å²) in [5.41, 5.74) is 1.41. The van der Waals surface area contributed by atoms with Gasteiger partial charge in [-0.15, -0.1) is 0 Å². The molecule has 25 heavy (non-hydrogen) atoms. The fraction of sp³-hybridized carbons (Fsp3) is 0.455. The molecule has 1 heterocycles. The Kier molecular flexibility index (Phi) is 5.02. The van der Waals surface area contributed by atoms with Crippen LogP contribution in [0.25, 0.3) is 0 Å². The van der Waals surface area contributed by atoms with Gasteiger partial charge in [0.05, 0.1) is 6.10 Å². The van der Waals surface area contributed by atoms with E-state index in [9.17, 15) is 4.39 Å². The number of halogens is 1. The molecule has 0 radical (unpaired) electrons. The number of rotatable bonds is 4. The molecule has 1 aliphatic heterocycles. The van der Waals surface area contributed by atoms with Gasteiger partial charge in [0.2, 0.25) is 0 Å². The molecule has 1 saturated heterocycles. The summed E-state index contributed by atoms with van der Waals surface area (Å²) in [6.45, 7) is 3.46. The molecule has 1 aliphatic carbocycles. The summed E-state index contributed by atoms with van der Waals surface area (Å²) >= 11 is 0. The summed E-state index contributed by atoms with van der Waals surface area (Å²) < 4.78 is 19.1. The summed E-state index contributed by atoms with van der Waals surface area (Å²) in [6, 6.07) is 17.2. The predicted octanol–water partition coefficient (Wildman–Crippen LogP) is 4.90. The standard InChI is InChI=1S/C22H26FNO/c23-20-7-10-21(11-8-20)25-22-9-6-19-16-24(13-12-18(19)14-22)15-17-4-2-1-3-5-17/h1-5,7-8,10-11,18-19,22H,6,9,12-16H2/t18-,19-,22?/m0/s1. The minimum atomic E-state index is -0.207. The number of fused-ring (bicyclic) bond motifs is 1. The molecule has 2 aromatic rings. The number of piperidine rings is 1. The Bertz CT molecular complexity index is 672. The minimum absolute atomic E-state index is 0.207. The van der Waals surface area contributed by atoms with Gasteiger partial charge < -0.3 is 4.74 Å². The number of nitrogens with zero attached hydrogens (tertiary/aromatic N) is 1. The third-order valence-electron chi connectivity index (χ3n) is 5.77. The smallest absolute Gasteiger partial charge is 0.123 e. The molecular weight excluding hydrogens is 313 g/mol. The number of ether oxygens (including phenoxy) is 1. The quantitative estimate of drug-likeness (QED) is 0.786. The van der Waals surface area contributed by atoms with Crippen molar-refractivity contribution in [3.8, 4) is 5.75 Å². The van der Waals surface area contributed by atoms with E-state index in [0.717, 1.165) is 37.0 Å². The molecule has 0 N–H and O–H groups in total. The molecule has 0 bridgehead atoms. The van der Waals surface area contributed by atoms with Gasteiger partial charge in [-0.05, 0) is 73.9 Å². The lowest BCUT2D eigenvalue weighted by Gasteiger charge is -2.43. The van der Waals surface area contributed by atoms with Crippen LogP contribution in [-0.2, 0) is 6.54 Å². The molecule has 3 heteroatoms. The first-order chi connectivity index (χ1) is 12.3. The van der Waals surface area contributed by atoms with Gasteiger partial charge in [-0.25, -0.2) is 4.39 Å². The van der Waals surface area contributed by atoms with Crippen molar-refractivity contribution in [1.29, 1.82) is 0 Å². The highest BCUT2D eigenvalue weighted by Gasteiger charge is 2.35. The lowest BCUT2D eigenvalue weighted by molar-refractivity contribution is 0.0285. The molecule has 0 spiro atoms. The fourth-order valence-electron chi connectivity index (χ4n) is 4.45. The predicted molar refractivity (Wildman–Crippen MR) is 98.0 cm³/mol. The highest BCUT2D eigenvalue weighted by atomic mass is 19.1. The second-order valence-electron chi connectivity index (χ2n) is 7.54. The molecule has 132 valence electrons. The maximum atomic E-state index is 13.0. The maximum absolute atomic E-state index is 13.0. The van der Waals surface area contributed by atoms with Crippen molar-refractivity contribution in [3.05, 3.63) is 66.0 Å². The summed E-state index contributed by atoms with van der Waals surface area (Å²) in [5.74, 6) is 2.16. The van der Waals surface area contributed by atoms with Crippen LogP contribution in [-0.4, -0.2) is 24.1 Å². The van der Waals surface area contributed by atoms with Gasteiger partial charge >= 0.3 is 0 Å². The largest absolute Gasteiger partial charge is 0.490 e. The van der Waals surface area contributed by atoms with Crippen LogP contribution in [0.3, 0.4) is 0 Å². The van der Waals surface area contributed by atoms with Gasteiger partial charge in [-0.2, -0.15) is 0 Å². The summed E-state index contributed by atoms with van der Waals surface area (Å²) in [5, 5.41) is 0. The molecular formula is C22H26FNO. The maximum Gasteiger partial charge on any atom is 0.123 e. The lowest BCUT2D eigenvalue weighted by atomic mass is 9.74. The van der Waals surface area contributed by atoms with Crippen LogP contribution >= 0.6 is 0 Å². The van der Waals surface area contributed by atoms with Crippen molar-refractivity contribution >= 4 is 0 Å². The molecule has 2 aromatic carbocycles. The third-order valence-corrected chi connectivity index (χ3v) is 5.77. The number of benzene rings is 2. The van der Waals surface area contributed by atoms with E-state index in [0.29, 0.717) is 0 Å². The van der Waals surface area contributed by atoms with E-state index in [4.69, 9.17) is 4.74 Å². The van der Waals surface area contributed by atoms with Crippen molar-refractivity contribution < 1.29 is 9.13 Å². The highest BCUT2D eigenvalue weighted by Crippen LogP contribution is 2.38. The Labute approximate surface area is 149 Å². The molecule has 0 aromatic heterocycles. The van der Waals surface area contributed by atoms with E-state index in [1.54, 1.807) is 12.1 Å². The van der Waals surface area contributed by atoms with Gasteiger partial charge in [-0.3, -0.25) is 4.90 Å². The van der Waals surface area contributed by atoms with Crippen LogP contribution in [0, 0.1) is 17.7 Å². The van der Waals surface area contributed by atoms with Crippen LogP contribution in [0.1, 0.15) is 31.2 Å². The monoisotopic (exact) mass is 339 g/mol. The fourth-order valence-corrected chi connectivity index (χ4v) is 4.45. The summed E-state index contributed by atoms with van der Waals surface area (Å²) in [4.78, 5) is 2.61. The number of hydrogen-bond donors (Lipinski definition) is 0. The molecule has 4 rings (SSSR count). The minimum Gasteiger partial charge on any atom is -0.490 e. The zero-order chi connectivity index (χ0) is 17.1. The van der Waals surface area contributed by atoms with Gasteiger partial charge in [-0.1, -0.05) is 30.3 Å². The topological polar surface area (TPSA) is 12.5 Å². The lowest BCUT2D eigenvalue weighted by Crippen LogP contribution is -2.44. The van der Waals surface area contributed by atoms with Gasteiger partial charge in [0.15, 0.2) is 0 Å². The number of hydrogen-bond acceptors (Lipinski definition) is 2. The van der Waals surface area contributed by atoms with Gasteiger partial charge in [0.25, 0.3) is 0 Å². The SMILES string of the molecule is Fc1ccc(OC2CC[C@H]3CN(Cc4ccccc4)CC[C@H]3C2)cc1. The molecule has 2 nitrogen and oxygen atoms in total. The molecule has 0 amide bonds. The molecule has 3 atom stereocenters. The van der Waals surface area contributed by atoms with E-state index >= 15 is 0 Å². The van der Waals surface area contributed by atoms with E-state index < -0.39 is 0 Å². The third kappa shape index (κ3) is 4.21. The first kappa shape index (κ1) is 16.6. The Morgan fingerprint density at radius 3 is 2.52 bits per heavy atom. The van der Waals surface area contributed by atoms with Gasteiger partial charge in [0.1, 0.15) is 11.6 Å². The van der Waals surface area contributed by atoms with Crippen LogP contribution in [0.4, 0.5) is 4.39 Å². The van der Waals surface area contributed by atoms with Crippen LogP contribution in [0.5, 0.6) is 5.75 Å². The zero-order valence-electron chi connectivity index (χ0n) is 14.6. The molecule has 2 aliphatic rings. The average molecular weight is 339 g/mol. The van der Waals surface area contributed by atoms with Crippen molar-refractivity contribution in [2.24, 2.45) is 11.8 Å². The Morgan fingerprint density at radius 1 is 0.920 bits per heavy atom. The van der Waals surface area contributed by atoms with E-state index in [1.165, 1.54) is 43.6 Å². The Morgan fingerprint density at radius 2 is 1.72 bits per heavy atom. The van der Waals surface area contributed by atoms with Crippen molar-refractivity contribution in [3.63, 3.8) is 0 Å². The summed E-state index contributed by atoms with van der Waals surface area (Å²) in [6.07, 6.45) is 5.04. The second kappa shape index (κ2) is 7.57. The average Bonchev–Trinajstić information content (AvgIpc) is 2.65. The van der Waals surface area contributed by atoms with Crippen molar-refractivity contribution in [1.82, 2.24) is 4.90 Å². The van der Waals surface area contributed by atoms with E-state index in [-0.39, 0.29) is 11.9 Å². The second-order valence-corrected chi connectivity index (χ2v) is 7.54. The molecule has 1 saturated carbocycles. The van der Waals surface area contributed by atoms with Crippen molar-refractivity contribution in [2.45, 2.75) is 38.3 Å². The van der Waals surface area contributed by atoms with Crippen LogP contribution < -0.4 is 4.74 Å².